The Morgan fingerprint density at radius 1 is 1.00 bits per heavy atom. The molecule has 0 bridgehead atoms. The summed E-state index contributed by atoms with van der Waals surface area (Å²) in [6, 6.07) is 12.8. The number of carbonyl (C=O) groups excluding carboxylic acids is 2. The van der Waals surface area contributed by atoms with Gasteiger partial charge in [-0.1, -0.05) is 35.9 Å². The number of para-hydroxylation sites is 1. The van der Waals surface area contributed by atoms with E-state index in [1.807, 2.05) is 30.3 Å². The highest BCUT2D eigenvalue weighted by atomic mass is 35.5. The topological polar surface area (TPSA) is 107 Å². The largest absolute Gasteiger partial charge is 0.394 e. The van der Waals surface area contributed by atoms with Gasteiger partial charge in [-0.2, -0.15) is 0 Å². The van der Waals surface area contributed by atoms with Crippen LogP contribution in [0.3, 0.4) is 0 Å². The number of benzene rings is 2. The molecule has 5 rings (SSSR count). The summed E-state index contributed by atoms with van der Waals surface area (Å²) in [4.78, 5) is 28.9. The molecule has 4 N–H and O–H groups in total. The van der Waals surface area contributed by atoms with Gasteiger partial charge in [-0.05, 0) is 18.2 Å². The van der Waals surface area contributed by atoms with Gasteiger partial charge in [0.1, 0.15) is 0 Å². The zero-order valence-corrected chi connectivity index (χ0v) is 17.0. The molecule has 2 aromatic heterocycles. The molecule has 0 spiro atoms. The Kier molecular flexibility index (Phi) is 4.66. The van der Waals surface area contributed by atoms with E-state index in [4.69, 9.17) is 11.6 Å². The molecule has 0 saturated heterocycles. The van der Waals surface area contributed by atoms with E-state index in [2.05, 4.69) is 10.3 Å². The van der Waals surface area contributed by atoms with Crippen molar-refractivity contribution in [2.45, 2.75) is 12.6 Å². The fraction of sp³-hybridized carbons (Fsp3) is 0.130. The second kappa shape index (κ2) is 7.39. The van der Waals surface area contributed by atoms with Gasteiger partial charge in [0, 0.05) is 39.8 Å². The minimum absolute atomic E-state index is 0.110. The van der Waals surface area contributed by atoms with E-state index in [1.165, 1.54) is 0 Å². The highest BCUT2D eigenvalue weighted by Gasteiger charge is 2.35. The summed E-state index contributed by atoms with van der Waals surface area (Å²) in [5.41, 5.74) is 3.15. The first-order valence-corrected chi connectivity index (χ1v) is 10.1. The molecular formula is C23H18ClN3O4. The maximum atomic E-state index is 12.9. The molecule has 156 valence electrons. The molecule has 4 aromatic rings. The van der Waals surface area contributed by atoms with E-state index in [-0.39, 0.29) is 17.7 Å². The van der Waals surface area contributed by atoms with E-state index in [0.717, 1.165) is 10.9 Å². The van der Waals surface area contributed by atoms with Crippen molar-refractivity contribution >= 4 is 56.4 Å². The van der Waals surface area contributed by atoms with Crippen LogP contribution in [-0.4, -0.2) is 44.3 Å². The van der Waals surface area contributed by atoms with Crippen LogP contribution in [0.25, 0.3) is 33.0 Å². The zero-order valence-electron chi connectivity index (χ0n) is 16.2. The molecule has 0 radical (unpaired) electrons. The number of halogens is 1. The lowest BCUT2D eigenvalue weighted by Gasteiger charge is -2.09. The number of amides is 2. The average molecular weight is 436 g/mol. The molecule has 2 aromatic carbocycles. The van der Waals surface area contributed by atoms with E-state index in [1.54, 1.807) is 29.1 Å². The number of aliphatic hydroxyl groups excluding tert-OH is 2. The van der Waals surface area contributed by atoms with Crippen molar-refractivity contribution in [1.82, 2.24) is 14.9 Å². The van der Waals surface area contributed by atoms with Crippen molar-refractivity contribution in [2.75, 3.05) is 6.61 Å². The molecule has 31 heavy (non-hydrogen) atoms. The average Bonchev–Trinajstić information content (AvgIpc) is 3.42. The SMILES string of the molecule is O=C1NC(=O)C(c2cn(CC(O)CO)c3cccc(Cl)c23)=C1c1c[nH]c2ccccc12. The third-order valence-corrected chi connectivity index (χ3v) is 5.85. The highest BCUT2D eigenvalue weighted by Crippen LogP contribution is 2.40. The molecule has 0 fully saturated rings. The smallest absolute Gasteiger partial charge is 0.259 e. The first-order chi connectivity index (χ1) is 15.0. The van der Waals surface area contributed by atoms with Crippen molar-refractivity contribution in [3.8, 4) is 0 Å². The second-order valence-electron chi connectivity index (χ2n) is 7.45. The first kappa shape index (κ1) is 19.6. The molecule has 1 atom stereocenters. The minimum atomic E-state index is -0.983. The van der Waals surface area contributed by atoms with Gasteiger partial charge in [0.2, 0.25) is 0 Å². The van der Waals surface area contributed by atoms with Crippen LogP contribution in [0.1, 0.15) is 11.1 Å². The van der Waals surface area contributed by atoms with Crippen LogP contribution in [0.4, 0.5) is 0 Å². The summed E-state index contributed by atoms with van der Waals surface area (Å²) in [5.74, 6) is -0.986. The number of rotatable bonds is 5. The third kappa shape index (κ3) is 3.06. The Hall–Kier alpha value is -3.39. The molecule has 1 unspecified atom stereocenters. The van der Waals surface area contributed by atoms with Gasteiger partial charge in [0.15, 0.2) is 0 Å². The molecule has 0 saturated carbocycles. The Bertz CT molecular complexity index is 1400. The number of hydrogen-bond acceptors (Lipinski definition) is 4. The number of carbonyl (C=O) groups is 2. The fourth-order valence-electron chi connectivity index (χ4n) is 4.18. The van der Waals surface area contributed by atoms with Crippen LogP contribution < -0.4 is 5.32 Å². The summed E-state index contributed by atoms with van der Waals surface area (Å²) < 4.78 is 1.73. The molecule has 3 heterocycles. The minimum Gasteiger partial charge on any atom is -0.394 e. The van der Waals surface area contributed by atoms with Crippen LogP contribution in [0.15, 0.2) is 54.9 Å². The Morgan fingerprint density at radius 2 is 1.74 bits per heavy atom. The lowest BCUT2D eigenvalue weighted by Crippen LogP contribution is -2.22. The van der Waals surface area contributed by atoms with Gasteiger partial charge in [-0.15, -0.1) is 0 Å². The summed E-state index contributed by atoms with van der Waals surface area (Å²) in [5, 5.41) is 23.5. The van der Waals surface area contributed by atoms with E-state index in [0.29, 0.717) is 27.1 Å². The number of nitrogens with one attached hydrogen (secondary N) is 2. The number of nitrogens with zero attached hydrogens (tertiary/aromatic N) is 1. The van der Waals surface area contributed by atoms with Gasteiger partial charge in [-0.25, -0.2) is 0 Å². The number of aromatic nitrogens is 2. The predicted octanol–water partition coefficient (Wildman–Crippen LogP) is 2.70. The molecule has 1 aliphatic heterocycles. The summed E-state index contributed by atoms with van der Waals surface area (Å²) in [6.07, 6.45) is 2.43. The standard InChI is InChI=1S/C23H18ClN3O4/c24-16-5-3-7-18-19(16)15(10-27(18)9-12(29)11-28)21-20(22(30)26-23(21)31)14-8-25-17-6-2-1-4-13(14)17/h1-8,10,12,25,28-29H,9,11H2,(H,26,30,31). The fourth-order valence-corrected chi connectivity index (χ4v) is 4.45. The maximum absolute atomic E-state index is 12.9. The molecular weight excluding hydrogens is 418 g/mol. The zero-order chi connectivity index (χ0) is 21.7. The molecule has 8 heteroatoms. The second-order valence-corrected chi connectivity index (χ2v) is 7.85. The monoisotopic (exact) mass is 435 g/mol. The van der Waals surface area contributed by atoms with Crippen molar-refractivity contribution in [2.24, 2.45) is 0 Å². The van der Waals surface area contributed by atoms with Gasteiger partial charge in [-0.3, -0.25) is 14.9 Å². The molecule has 7 nitrogen and oxygen atoms in total. The summed E-state index contributed by atoms with van der Waals surface area (Å²) >= 11 is 6.51. The van der Waals surface area contributed by atoms with E-state index < -0.39 is 24.5 Å². The van der Waals surface area contributed by atoms with Crippen LogP contribution in [0.2, 0.25) is 5.02 Å². The summed E-state index contributed by atoms with van der Waals surface area (Å²) in [6.45, 7) is -0.295. The van der Waals surface area contributed by atoms with Crippen LogP contribution in [0.5, 0.6) is 0 Å². The van der Waals surface area contributed by atoms with Gasteiger partial charge in [0.05, 0.1) is 40.9 Å². The maximum Gasteiger partial charge on any atom is 0.259 e. The normalized spacial score (nSPS) is 15.3. The van der Waals surface area contributed by atoms with Crippen molar-refractivity contribution < 1.29 is 19.8 Å². The third-order valence-electron chi connectivity index (χ3n) is 5.53. The van der Waals surface area contributed by atoms with Crippen LogP contribution >= 0.6 is 11.6 Å². The van der Waals surface area contributed by atoms with Crippen molar-refractivity contribution in [3.05, 3.63) is 71.0 Å². The lowest BCUT2D eigenvalue weighted by molar-refractivity contribution is -0.122. The van der Waals surface area contributed by atoms with Crippen molar-refractivity contribution in [3.63, 3.8) is 0 Å². The van der Waals surface area contributed by atoms with Crippen LogP contribution in [-0.2, 0) is 16.1 Å². The molecule has 1 aliphatic rings. The van der Waals surface area contributed by atoms with E-state index >= 15 is 0 Å². The Morgan fingerprint density at radius 3 is 2.52 bits per heavy atom. The first-order valence-electron chi connectivity index (χ1n) is 9.72. The molecule has 2 amide bonds. The van der Waals surface area contributed by atoms with Gasteiger partial charge >= 0.3 is 0 Å². The quantitative estimate of drug-likeness (QED) is 0.361. The van der Waals surface area contributed by atoms with Gasteiger partial charge in [0.25, 0.3) is 11.8 Å². The van der Waals surface area contributed by atoms with Crippen LogP contribution in [0, 0.1) is 0 Å². The highest BCUT2D eigenvalue weighted by molar-refractivity contribution is 6.51. The number of hydrogen-bond donors (Lipinski definition) is 4. The number of imide groups is 1. The van der Waals surface area contributed by atoms with Crippen molar-refractivity contribution in [1.29, 1.82) is 0 Å². The Labute approximate surface area is 181 Å². The number of aromatic amines is 1. The number of aliphatic hydroxyl groups is 2. The summed E-state index contributed by atoms with van der Waals surface area (Å²) in [7, 11) is 0. The van der Waals surface area contributed by atoms with E-state index in [9.17, 15) is 19.8 Å². The lowest BCUT2D eigenvalue weighted by atomic mass is 9.95. The molecule has 0 aliphatic carbocycles. The Balaban J connectivity index is 1.81. The van der Waals surface area contributed by atoms with Gasteiger partial charge < -0.3 is 19.8 Å². The number of fused-ring (bicyclic) bond motifs is 2. The number of H-pyrrole nitrogens is 1. The predicted molar refractivity (Wildman–Crippen MR) is 118 cm³/mol.